The number of unbranched alkanes of at least 4 members (excludes halogenated alkanes) is 8. The zero-order chi connectivity index (χ0) is 16.7. The van der Waals surface area contributed by atoms with Crippen LogP contribution in [0, 0.1) is 0 Å². The monoisotopic (exact) mass is 420 g/mol. The van der Waals surface area contributed by atoms with Crippen molar-refractivity contribution >= 4 is 21.1 Å². The van der Waals surface area contributed by atoms with Crippen LogP contribution in [0.1, 0.15) is 105 Å². The Hall–Kier alpha value is 0.759. The molecule has 0 unspecified atom stereocenters. The van der Waals surface area contributed by atoms with E-state index in [9.17, 15) is 0 Å². The fourth-order valence-electron chi connectivity index (χ4n) is 2.09. The van der Waals surface area contributed by atoms with Crippen LogP contribution in [0.25, 0.3) is 0 Å². The van der Waals surface area contributed by atoms with E-state index in [4.69, 9.17) is 4.74 Å². The molecule has 0 rings (SSSR count). The van der Waals surface area contributed by atoms with E-state index in [1.165, 1.54) is 77.0 Å². The van der Waals surface area contributed by atoms with Gasteiger partial charge in [-0.1, -0.05) is 52.4 Å². The molecule has 0 aliphatic carbocycles. The van der Waals surface area contributed by atoms with Crippen molar-refractivity contribution in [3.05, 3.63) is 0 Å². The molecule has 0 saturated carbocycles. The van der Waals surface area contributed by atoms with E-state index >= 15 is 0 Å². The Bertz CT molecular complexity index is 146. The van der Waals surface area contributed by atoms with Crippen molar-refractivity contribution in [2.45, 2.75) is 114 Å². The summed E-state index contributed by atoms with van der Waals surface area (Å²) < 4.78 is 8.78. The number of hydrogen-bond acceptors (Lipinski definition) is 1. The van der Waals surface area contributed by atoms with Crippen LogP contribution >= 0.6 is 0 Å². The first-order valence-electron chi connectivity index (χ1n) is 10.1. The van der Waals surface area contributed by atoms with Crippen LogP contribution < -0.4 is 0 Å². The maximum absolute atomic E-state index is 5.53. The van der Waals surface area contributed by atoms with Crippen molar-refractivity contribution < 1.29 is 4.74 Å². The predicted molar refractivity (Wildman–Crippen MR) is 104 cm³/mol. The standard InChI is InChI=1S/C12H26O.2C4H9.Sn/c1-3-5-7-9-11-13-12-10-8-6-4-2;2*1-3-4-2;/h3-12H2,1-2H3;2*1,3-4H2,2H3;. The van der Waals surface area contributed by atoms with Crippen molar-refractivity contribution in [3.63, 3.8) is 0 Å². The van der Waals surface area contributed by atoms with Crippen molar-refractivity contribution in [2.24, 2.45) is 0 Å². The van der Waals surface area contributed by atoms with Gasteiger partial charge in [-0.05, 0) is 12.8 Å². The van der Waals surface area contributed by atoms with Crippen LogP contribution in [0.3, 0.4) is 0 Å². The van der Waals surface area contributed by atoms with Gasteiger partial charge in [0.05, 0.1) is 0 Å². The van der Waals surface area contributed by atoms with Gasteiger partial charge in [-0.25, -0.2) is 0 Å². The molecule has 0 spiro atoms. The van der Waals surface area contributed by atoms with Crippen LogP contribution in [0.15, 0.2) is 0 Å². The van der Waals surface area contributed by atoms with Gasteiger partial charge >= 0.3 is 69.5 Å². The third-order valence-corrected chi connectivity index (χ3v) is 7.73. The van der Waals surface area contributed by atoms with Gasteiger partial charge < -0.3 is 4.74 Å². The molecular weight excluding hydrogens is 375 g/mol. The van der Waals surface area contributed by atoms with E-state index in [-0.39, 0.29) is 21.1 Å². The molecule has 0 aliphatic rings. The van der Waals surface area contributed by atoms with Crippen LogP contribution in [0.5, 0.6) is 0 Å². The average Bonchev–Trinajstić information content (AvgIpc) is 2.54. The van der Waals surface area contributed by atoms with Gasteiger partial charge in [0.15, 0.2) is 0 Å². The molecule has 1 nitrogen and oxygen atoms in total. The molecule has 0 aromatic heterocycles. The number of ether oxygens (including phenoxy) is 1. The second-order valence-electron chi connectivity index (χ2n) is 6.19. The molecule has 0 N–H and O–H groups in total. The summed E-state index contributed by atoms with van der Waals surface area (Å²) in [6.45, 7) is 11.0. The maximum atomic E-state index is 5.53. The Morgan fingerprint density at radius 1 is 0.500 bits per heavy atom. The van der Waals surface area contributed by atoms with Gasteiger partial charge in [0, 0.05) is 13.2 Å². The topological polar surface area (TPSA) is 9.23 Å². The van der Waals surface area contributed by atoms with Crippen LogP contribution in [-0.2, 0) is 4.74 Å². The summed E-state index contributed by atoms with van der Waals surface area (Å²) in [5, 5.41) is 0. The Balaban J connectivity index is 0. The first-order valence-corrected chi connectivity index (χ1v) is 14.1. The molecule has 0 aromatic rings. The van der Waals surface area contributed by atoms with Gasteiger partial charge in [-0.3, -0.25) is 0 Å². The Labute approximate surface area is 152 Å². The quantitative estimate of drug-likeness (QED) is 0.189. The van der Waals surface area contributed by atoms with Crippen molar-refractivity contribution in [3.8, 4) is 0 Å². The third-order valence-electron chi connectivity index (χ3n) is 3.70. The first kappa shape index (κ1) is 25.0. The summed E-state index contributed by atoms with van der Waals surface area (Å²) in [5.41, 5.74) is 0. The first-order chi connectivity index (χ1) is 10.8. The average molecular weight is 419 g/mol. The van der Waals surface area contributed by atoms with Crippen molar-refractivity contribution in [1.29, 1.82) is 0 Å². The molecule has 0 bridgehead atoms. The number of rotatable bonds is 16. The zero-order valence-electron chi connectivity index (χ0n) is 16.2. The summed E-state index contributed by atoms with van der Waals surface area (Å²) in [5.74, 6) is 0. The summed E-state index contributed by atoms with van der Waals surface area (Å²) in [6, 6.07) is 0. The Morgan fingerprint density at radius 3 is 1.27 bits per heavy atom. The molecule has 0 heterocycles. The summed E-state index contributed by atoms with van der Waals surface area (Å²) in [4.78, 5) is 0. The van der Waals surface area contributed by atoms with Crippen LogP contribution in [0.4, 0.5) is 0 Å². The Kier molecular flexibility index (Phi) is 30.3. The predicted octanol–water partition coefficient (Wildman–Crippen LogP) is 7.29. The normalized spacial score (nSPS) is 10.4. The number of hydrogen-bond donors (Lipinski definition) is 0. The van der Waals surface area contributed by atoms with Gasteiger partial charge in [-0.15, -0.1) is 0 Å². The molecule has 22 heavy (non-hydrogen) atoms. The van der Waals surface area contributed by atoms with E-state index in [0.29, 0.717) is 0 Å². The minimum atomic E-state index is 0.149. The molecule has 0 amide bonds. The van der Waals surface area contributed by atoms with Gasteiger partial charge in [0.25, 0.3) is 0 Å². The molecule has 0 atom stereocenters. The summed E-state index contributed by atoms with van der Waals surface area (Å²) in [6.07, 6.45) is 16.4. The van der Waals surface area contributed by atoms with Crippen LogP contribution in [0.2, 0.25) is 8.87 Å². The van der Waals surface area contributed by atoms with E-state index in [2.05, 4.69) is 27.7 Å². The molecule has 2 heteroatoms. The minimum absolute atomic E-state index is 0.149. The fourth-order valence-corrected chi connectivity index (χ4v) is 6.25. The molecular formula is C20H44OSn. The van der Waals surface area contributed by atoms with Crippen molar-refractivity contribution in [1.82, 2.24) is 0 Å². The molecule has 134 valence electrons. The van der Waals surface area contributed by atoms with Gasteiger partial charge in [-0.2, -0.15) is 0 Å². The fraction of sp³-hybridized carbons (Fsp3) is 1.00. The van der Waals surface area contributed by atoms with Crippen LogP contribution in [-0.4, -0.2) is 34.4 Å². The summed E-state index contributed by atoms with van der Waals surface area (Å²) in [7, 11) is 0. The Morgan fingerprint density at radius 2 is 0.909 bits per heavy atom. The zero-order valence-corrected chi connectivity index (χ0v) is 19.1. The molecule has 0 aliphatic heterocycles. The van der Waals surface area contributed by atoms with E-state index in [0.717, 1.165) is 13.2 Å². The summed E-state index contributed by atoms with van der Waals surface area (Å²) >= 11 is 0.149. The molecule has 2 radical (unpaired) electrons. The van der Waals surface area contributed by atoms with Crippen molar-refractivity contribution in [2.75, 3.05) is 13.2 Å². The van der Waals surface area contributed by atoms with E-state index in [1.807, 2.05) is 0 Å². The molecule has 0 saturated heterocycles. The third kappa shape index (κ3) is 28.9. The second kappa shape index (κ2) is 26.6. The van der Waals surface area contributed by atoms with Gasteiger partial charge in [0.2, 0.25) is 0 Å². The molecule has 0 aromatic carbocycles. The van der Waals surface area contributed by atoms with E-state index < -0.39 is 0 Å². The molecule has 0 fully saturated rings. The SMILES string of the molecule is CCCCCCOCCCCCC.CCC[CH2][Sn][CH2]CCC. The second-order valence-corrected chi connectivity index (χ2v) is 10.5. The van der Waals surface area contributed by atoms with E-state index in [1.54, 1.807) is 8.87 Å². The van der Waals surface area contributed by atoms with Gasteiger partial charge in [0.1, 0.15) is 0 Å².